The number of hydrogen-bond donors (Lipinski definition) is 1. The molecular weight excluding hydrogens is 493 g/mol. The van der Waals surface area contributed by atoms with E-state index in [0.29, 0.717) is 36.6 Å². The van der Waals surface area contributed by atoms with Gasteiger partial charge in [-0.1, -0.05) is 37.3 Å². The number of aromatic hydroxyl groups is 1. The Morgan fingerprint density at radius 2 is 2.00 bits per heavy atom. The number of halogens is 1. The molecule has 4 heterocycles. The summed E-state index contributed by atoms with van der Waals surface area (Å²) in [5, 5.41) is 13.9. The SMILES string of the molecule is CCC(c1ccccc1)n1c(-c2nc(C)cs2)nc(=O)c(C(=O)N2CCC(c3ccc(F)cn3)C2)c1O. The Morgan fingerprint density at radius 3 is 2.65 bits per heavy atom. The molecule has 1 aliphatic rings. The highest BCUT2D eigenvalue weighted by molar-refractivity contribution is 7.13. The topological polar surface area (TPSA) is 101 Å². The summed E-state index contributed by atoms with van der Waals surface area (Å²) in [6.45, 7) is 4.49. The van der Waals surface area contributed by atoms with E-state index in [1.807, 2.05) is 49.6 Å². The minimum atomic E-state index is -0.798. The highest BCUT2D eigenvalue weighted by atomic mass is 32.1. The molecule has 8 nitrogen and oxygen atoms in total. The molecular formula is C27H26FN5O3S. The summed E-state index contributed by atoms with van der Waals surface area (Å²) in [5.74, 6) is -1.30. The van der Waals surface area contributed by atoms with Crippen molar-refractivity contribution in [3.05, 3.63) is 92.7 Å². The van der Waals surface area contributed by atoms with Gasteiger partial charge in [-0.2, -0.15) is 4.98 Å². The molecule has 1 N–H and O–H groups in total. The van der Waals surface area contributed by atoms with Crippen LogP contribution in [0.3, 0.4) is 0 Å². The zero-order valence-corrected chi connectivity index (χ0v) is 21.3. The third-order valence-corrected chi connectivity index (χ3v) is 7.61. The molecule has 0 spiro atoms. The Balaban J connectivity index is 1.57. The van der Waals surface area contributed by atoms with E-state index in [1.54, 1.807) is 10.6 Å². The lowest BCUT2D eigenvalue weighted by atomic mass is 10.0. The van der Waals surface area contributed by atoms with Crippen molar-refractivity contribution in [2.24, 2.45) is 0 Å². The quantitative estimate of drug-likeness (QED) is 0.401. The third kappa shape index (κ3) is 4.76. The maximum Gasteiger partial charge on any atom is 0.290 e. The van der Waals surface area contributed by atoms with Gasteiger partial charge in [-0.15, -0.1) is 11.3 Å². The molecule has 2 unspecified atom stereocenters. The molecule has 0 aliphatic carbocycles. The Kier molecular flexibility index (Phi) is 6.84. The van der Waals surface area contributed by atoms with Crippen LogP contribution >= 0.6 is 11.3 Å². The van der Waals surface area contributed by atoms with Gasteiger partial charge in [-0.3, -0.25) is 19.1 Å². The molecule has 37 heavy (non-hydrogen) atoms. The number of aryl methyl sites for hydroxylation is 1. The maximum atomic E-state index is 13.6. The van der Waals surface area contributed by atoms with Crippen molar-refractivity contribution in [3.8, 4) is 16.7 Å². The molecule has 0 bridgehead atoms. The standard InChI is InChI=1S/C27H26FN5O3S/c1-3-21(17-7-5-4-6-8-17)33-23(25-30-16(2)15-37-25)31-24(34)22(27(33)36)26(35)32-12-11-18(14-32)20-10-9-19(28)13-29-20/h4-10,13,15,18,21,36H,3,11-12,14H2,1-2H3. The van der Waals surface area contributed by atoms with Gasteiger partial charge in [0.2, 0.25) is 5.88 Å². The predicted molar refractivity (Wildman–Crippen MR) is 138 cm³/mol. The maximum absolute atomic E-state index is 13.6. The minimum Gasteiger partial charge on any atom is -0.494 e. The Morgan fingerprint density at radius 1 is 1.22 bits per heavy atom. The highest BCUT2D eigenvalue weighted by Gasteiger charge is 2.34. The molecule has 190 valence electrons. The molecule has 0 radical (unpaired) electrons. The molecule has 2 atom stereocenters. The van der Waals surface area contributed by atoms with Crippen LogP contribution in [0.5, 0.6) is 5.88 Å². The van der Waals surface area contributed by atoms with Crippen LogP contribution in [-0.4, -0.2) is 48.5 Å². The fourth-order valence-corrected chi connectivity index (χ4v) is 5.61. The number of rotatable bonds is 6. The van der Waals surface area contributed by atoms with Crippen LogP contribution in [0.4, 0.5) is 4.39 Å². The summed E-state index contributed by atoms with van der Waals surface area (Å²) in [6.07, 6.45) is 2.35. The molecule has 1 amide bonds. The van der Waals surface area contributed by atoms with E-state index in [-0.39, 0.29) is 23.3 Å². The Bertz CT molecular complexity index is 1490. The van der Waals surface area contributed by atoms with E-state index < -0.39 is 23.2 Å². The van der Waals surface area contributed by atoms with E-state index in [9.17, 15) is 19.1 Å². The number of aromatic nitrogens is 4. The summed E-state index contributed by atoms with van der Waals surface area (Å²) in [6, 6.07) is 12.1. The monoisotopic (exact) mass is 519 g/mol. The smallest absolute Gasteiger partial charge is 0.290 e. The van der Waals surface area contributed by atoms with Gasteiger partial charge in [0.25, 0.3) is 11.5 Å². The third-order valence-electron chi connectivity index (χ3n) is 6.65. The number of carbonyl (C=O) groups is 1. The van der Waals surface area contributed by atoms with E-state index in [4.69, 9.17) is 0 Å². The van der Waals surface area contributed by atoms with Crippen LogP contribution in [0, 0.1) is 12.7 Å². The second-order valence-electron chi connectivity index (χ2n) is 9.08. The van der Waals surface area contributed by atoms with E-state index in [2.05, 4.69) is 15.0 Å². The fourth-order valence-electron chi connectivity index (χ4n) is 4.83. The van der Waals surface area contributed by atoms with Crippen molar-refractivity contribution in [1.82, 2.24) is 24.4 Å². The van der Waals surface area contributed by atoms with Crippen LogP contribution in [0.15, 0.2) is 58.8 Å². The molecule has 1 saturated heterocycles. The number of nitrogens with zero attached hydrogens (tertiary/aromatic N) is 5. The molecule has 4 aromatic rings. The first-order valence-corrected chi connectivity index (χ1v) is 13.0. The van der Waals surface area contributed by atoms with Gasteiger partial charge in [-0.05, 0) is 37.5 Å². The summed E-state index contributed by atoms with van der Waals surface area (Å²) in [7, 11) is 0. The lowest BCUT2D eigenvalue weighted by Gasteiger charge is -2.25. The fraction of sp³-hybridized carbons (Fsp3) is 0.296. The average molecular weight is 520 g/mol. The Labute approximate surface area is 217 Å². The first-order valence-electron chi connectivity index (χ1n) is 12.1. The molecule has 3 aromatic heterocycles. The van der Waals surface area contributed by atoms with Gasteiger partial charge < -0.3 is 10.0 Å². The molecule has 1 fully saturated rings. The normalized spacial score (nSPS) is 16.2. The Hall–Kier alpha value is -3.92. The van der Waals surface area contributed by atoms with Crippen LogP contribution < -0.4 is 5.56 Å². The minimum absolute atomic E-state index is 0.0906. The van der Waals surface area contributed by atoms with Crippen molar-refractivity contribution in [1.29, 1.82) is 0 Å². The van der Waals surface area contributed by atoms with Crippen molar-refractivity contribution < 1.29 is 14.3 Å². The van der Waals surface area contributed by atoms with Crippen LogP contribution in [0.25, 0.3) is 10.8 Å². The number of carbonyl (C=O) groups excluding carboxylic acids is 1. The number of benzene rings is 1. The van der Waals surface area contributed by atoms with Crippen molar-refractivity contribution in [2.45, 2.75) is 38.6 Å². The van der Waals surface area contributed by atoms with Gasteiger partial charge in [0.1, 0.15) is 5.82 Å². The number of likely N-dealkylation sites (tertiary alicyclic amines) is 1. The zero-order chi connectivity index (χ0) is 26.1. The van der Waals surface area contributed by atoms with Gasteiger partial charge in [0.05, 0.1) is 12.2 Å². The first kappa shape index (κ1) is 24.8. The van der Waals surface area contributed by atoms with Crippen LogP contribution in [-0.2, 0) is 0 Å². The molecule has 5 rings (SSSR count). The largest absolute Gasteiger partial charge is 0.494 e. The molecule has 10 heteroatoms. The van der Waals surface area contributed by atoms with E-state index >= 15 is 0 Å². The van der Waals surface area contributed by atoms with E-state index in [0.717, 1.165) is 17.5 Å². The van der Waals surface area contributed by atoms with Crippen LogP contribution in [0.1, 0.15) is 59.0 Å². The summed E-state index contributed by atoms with van der Waals surface area (Å²) in [4.78, 5) is 41.3. The molecule has 1 aromatic carbocycles. The molecule has 1 aliphatic heterocycles. The van der Waals surface area contributed by atoms with E-state index in [1.165, 1.54) is 22.3 Å². The number of pyridine rings is 1. The summed E-state index contributed by atoms with van der Waals surface area (Å²) < 4.78 is 14.9. The average Bonchev–Trinajstić information content (AvgIpc) is 3.56. The van der Waals surface area contributed by atoms with Crippen LogP contribution in [0.2, 0.25) is 0 Å². The van der Waals surface area contributed by atoms with Gasteiger partial charge >= 0.3 is 0 Å². The number of amides is 1. The molecule has 0 saturated carbocycles. The number of hydrogen-bond acceptors (Lipinski definition) is 7. The second-order valence-corrected chi connectivity index (χ2v) is 9.93. The van der Waals surface area contributed by atoms with Crippen molar-refractivity contribution >= 4 is 17.2 Å². The first-order chi connectivity index (χ1) is 17.9. The van der Waals surface area contributed by atoms with Crippen molar-refractivity contribution in [3.63, 3.8) is 0 Å². The van der Waals surface area contributed by atoms with Gasteiger partial charge in [0.15, 0.2) is 16.4 Å². The highest BCUT2D eigenvalue weighted by Crippen LogP contribution is 2.35. The lowest BCUT2D eigenvalue weighted by Crippen LogP contribution is -2.35. The second kappa shape index (κ2) is 10.2. The lowest BCUT2D eigenvalue weighted by molar-refractivity contribution is 0.0783. The van der Waals surface area contributed by atoms with Gasteiger partial charge in [-0.25, -0.2) is 9.37 Å². The van der Waals surface area contributed by atoms with Crippen molar-refractivity contribution in [2.75, 3.05) is 13.1 Å². The zero-order valence-electron chi connectivity index (χ0n) is 20.5. The predicted octanol–water partition coefficient (Wildman–Crippen LogP) is 4.54. The summed E-state index contributed by atoms with van der Waals surface area (Å²) >= 11 is 1.32. The van der Waals surface area contributed by atoms with Gasteiger partial charge in [0, 0.05) is 35.8 Å². The summed E-state index contributed by atoms with van der Waals surface area (Å²) in [5.41, 5.74) is 1.20. The number of thiazole rings is 1.